The Bertz CT molecular complexity index is 764. The van der Waals surface area contributed by atoms with Crippen LogP contribution in [0, 0.1) is 0 Å². The molecule has 0 N–H and O–H groups in total. The number of rotatable bonds is 3. The molecule has 0 aliphatic carbocycles. The molecule has 4 nitrogen and oxygen atoms in total. The summed E-state index contributed by atoms with van der Waals surface area (Å²) in [5, 5.41) is 2.05. The molecule has 124 valence electrons. The Balaban J connectivity index is 1.83. The minimum Gasteiger partial charge on any atom is -0.312 e. The van der Waals surface area contributed by atoms with Gasteiger partial charge in [0, 0.05) is 29.7 Å². The molecule has 3 rings (SSSR count). The van der Waals surface area contributed by atoms with E-state index in [0.717, 1.165) is 37.2 Å². The van der Waals surface area contributed by atoms with Crippen LogP contribution < -0.4 is 9.80 Å². The van der Waals surface area contributed by atoms with Gasteiger partial charge in [0.25, 0.3) is 5.91 Å². The van der Waals surface area contributed by atoms with Crippen molar-refractivity contribution in [2.75, 3.05) is 23.4 Å². The molecule has 0 bridgehead atoms. The fourth-order valence-electron chi connectivity index (χ4n) is 2.90. The molecular weight excluding hydrogens is 320 g/mol. The van der Waals surface area contributed by atoms with Crippen molar-refractivity contribution in [3.8, 4) is 0 Å². The second kappa shape index (κ2) is 7.01. The standard InChI is InChI=1S/C19H20N2O2S/c1-3-18(22)20(2)15-9-7-14(8-10-15)19(23)21-12-5-4-6-17-16(21)11-13-24-17/h3,7-11,13H,1,4-6,12H2,2H3. The number of aryl methyl sites for hydroxylation is 1. The Morgan fingerprint density at radius 2 is 1.96 bits per heavy atom. The largest absolute Gasteiger partial charge is 0.312 e. The fourth-order valence-corrected chi connectivity index (χ4v) is 3.82. The van der Waals surface area contributed by atoms with E-state index in [0.29, 0.717) is 5.56 Å². The lowest BCUT2D eigenvalue weighted by Gasteiger charge is -2.22. The van der Waals surface area contributed by atoms with Crippen molar-refractivity contribution in [3.63, 3.8) is 0 Å². The quantitative estimate of drug-likeness (QED) is 0.796. The van der Waals surface area contributed by atoms with E-state index >= 15 is 0 Å². The number of nitrogens with zero attached hydrogens (tertiary/aromatic N) is 2. The molecule has 0 unspecified atom stereocenters. The maximum atomic E-state index is 12.9. The Morgan fingerprint density at radius 3 is 2.67 bits per heavy atom. The SMILES string of the molecule is C=CC(=O)N(C)c1ccc(C(=O)N2CCCCc3sccc32)cc1. The van der Waals surface area contributed by atoms with Gasteiger partial charge in [-0.1, -0.05) is 6.58 Å². The van der Waals surface area contributed by atoms with E-state index in [9.17, 15) is 9.59 Å². The summed E-state index contributed by atoms with van der Waals surface area (Å²) < 4.78 is 0. The molecule has 0 fully saturated rings. The van der Waals surface area contributed by atoms with Crippen molar-refractivity contribution in [1.82, 2.24) is 0 Å². The van der Waals surface area contributed by atoms with Crippen molar-refractivity contribution in [2.45, 2.75) is 19.3 Å². The van der Waals surface area contributed by atoms with E-state index in [1.807, 2.05) is 11.0 Å². The van der Waals surface area contributed by atoms with E-state index in [-0.39, 0.29) is 11.8 Å². The van der Waals surface area contributed by atoms with Gasteiger partial charge in [0.05, 0.1) is 5.69 Å². The summed E-state index contributed by atoms with van der Waals surface area (Å²) in [6.45, 7) is 4.24. The van der Waals surface area contributed by atoms with Crippen LogP contribution in [0.3, 0.4) is 0 Å². The van der Waals surface area contributed by atoms with Crippen molar-refractivity contribution in [2.24, 2.45) is 0 Å². The minimum absolute atomic E-state index is 0.0146. The first-order chi connectivity index (χ1) is 11.6. The van der Waals surface area contributed by atoms with Crippen LogP contribution in [0.5, 0.6) is 0 Å². The second-order valence-corrected chi connectivity index (χ2v) is 6.79. The molecule has 0 saturated carbocycles. The van der Waals surface area contributed by atoms with Crippen molar-refractivity contribution < 1.29 is 9.59 Å². The van der Waals surface area contributed by atoms with Gasteiger partial charge in [0.15, 0.2) is 0 Å². The first-order valence-corrected chi connectivity index (χ1v) is 8.88. The number of hydrogen-bond acceptors (Lipinski definition) is 3. The third kappa shape index (κ3) is 3.12. The molecular formula is C19H20N2O2S. The van der Waals surface area contributed by atoms with Crippen LogP contribution in [0.15, 0.2) is 48.4 Å². The van der Waals surface area contributed by atoms with Crippen molar-refractivity contribution >= 4 is 34.5 Å². The number of anilines is 2. The van der Waals surface area contributed by atoms with Crippen LogP contribution in [0.2, 0.25) is 0 Å². The molecule has 1 aromatic heterocycles. The third-order valence-electron chi connectivity index (χ3n) is 4.30. The van der Waals surface area contributed by atoms with Crippen molar-refractivity contribution in [3.05, 3.63) is 58.8 Å². The highest BCUT2D eigenvalue weighted by Gasteiger charge is 2.23. The van der Waals surface area contributed by atoms with Crippen molar-refractivity contribution in [1.29, 1.82) is 0 Å². The van der Waals surface area contributed by atoms with Gasteiger partial charge in [0.2, 0.25) is 5.91 Å². The summed E-state index contributed by atoms with van der Waals surface area (Å²) in [6.07, 6.45) is 4.45. The van der Waals surface area contributed by atoms with Gasteiger partial charge in [0.1, 0.15) is 0 Å². The summed E-state index contributed by atoms with van der Waals surface area (Å²) in [7, 11) is 1.69. The maximum absolute atomic E-state index is 12.9. The molecule has 1 aliphatic rings. The van der Waals surface area contributed by atoms with Gasteiger partial charge in [-0.05, 0) is 61.1 Å². The van der Waals surface area contributed by atoms with Gasteiger partial charge in [-0.25, -0.2) is 0 Å². The minimum atomic E-state index is -0.176. The number of benzene rings is 1. The van der Waals surface area contributed by atoms with Crippen LogP contribution in [-0.2, 0) is 11.2 Å². The fraction of sp³-hybridized carbons (Fsp3) is 0.263. The van der Waals surface area contributed by atoms with Gasteiger partial charge in [-0.3, -0.25) is 9.59 Å². The zero-order valence-corrected chi connectivity index (χ0v) is 14.5. The van der Waals surface area contributed by atoms with Gasteiger partial charge >= 0.3 is 0 Å². The molecule has 2 aromatic rings. The first kappa shape index (κ1) is 16.5. The number of likely N-dealkylation sites (N-methyl/N-ethyl adjacent to an activating group) is 1. The molecule has 2 heterocycles. The second-order valence-electron chi connectivity index (χ2n) is 5.79. The average Bonchev–Trinajstić information content (AvgIpc) is 2.99. The zero-order chi connectivity index (χ0) is 17.1. The Kier molecular flexibility index (Phi) is 4.81. The molecule has 0 spiro atoms. The molecule has 0 saturated heterocycles. The van der Waals surface area contributed by atoms with Crippen LogP contribution >= 0.6 is 11.3 Å². The monoisotopic (exact) mass is 340 g/mol. The first-order valence-electron chi connectivity index (χ1n) is 8.00. The van der Waals surface area contributed by atoms with E-state index in [1.54, 1.807) is 42.6 Å². The molecule has 1 aromatic carbocycles. The molecule has 2 amide bonds. The summed E-state index contributed by atoms with van der Waals surface area (Å²) in [5.74, 6) is -0.162. The van der Waals surface area contributed by atoms with Crippen LogP contribution in [-0.4, -0.2) is 25.4 Å². The van der Waals surface area contributed by atoms with Crippen LogP contribution in [0.4, 0.5) is 11.4 Å². The van der Waals surface area contributed by atoms with E-state index < -0.39 is 0 Å². The summed E-state index contributed by atoms with van der Waals surface area (Å²) in [4.78, 5) is 29.2. The lowest BCUT2D eigenvalue weighted by Crippen LogP contribution is -2.31. The summed E-state index contributed by atoms with van der Waals surface area (Å²) >= 11 is 1.72. The predicted molar refractivity (Wildman–Crippen MR) is 99.0 cm³/mol. The third-order valence-corrected chi connectivity index (χ3v) is 5.27. The maximum Gasteiger partial charge on any atom is 0.258 e. The summed E-state index contributed by atoms with van der Waals surface area (Å²) in [5.41, 5.74) is 2.42. The van der Waals surface area contributed by atoms with Crippen LogP contribution in [0.25, 0.3) is 0 Å². The number of thiophene rings is 1. The molecule has 24 heavy (non-hydrogen) atoms. The predicted octanol–water partition coefficient (Wildman–Crippen LogP) is 3.88. The number of hydrogen-bond donors (Lipinski definition) is 0. The van der Waals surface area contributed by atoms with Gasteiger partial charge in [-0.2, -0.15) is 0 Å². The molecule has 0 atom stereocenters. The number of carbonyl (C=O) groups is 2. The smallest absolute Gasteiger partial charge is 0.258 e. The molecule has 5 heteroatoms. The van der Waals surface area contributed by atoms with Gasteiger partial charge < -0.3 is 9.80 Å². The highest BCUT2D eigenvalue weighted by molar-refractivity contribution is 7.10. The molecule has 0 radical (unpaired) electrons. The van der Waals surface area contributed by atoms with E-state index in [4.69, 9.17) is 0 Å². The normalized spacial score (nSPS) is 13.8. The Morgan fingerprint density at radius 1 is 1.21 bits per heavy atom. The highest BCUT2D eigenvalue weighted by atomic mass is 32.1. The van der Waals surface area contributed by atoms with E-state index in [1.165, 1.54) is 15.9 Å². The van der Waals surface area contributed by atoms with E-state index in [2.05, 4.69) is 12.0 Å². The number of carbonyl (C=O) groups excluding carboxylic acids is 2. The molecule has 1 aliphatic heterocycles. The zero-order valence-electron chi connectivity index (χ0n) is 13.7. The lowest BCUT2D eigenvalue weighted by molar-refractivity contribution is -0.113. The Labute approximate surface area is 146 Å². The number of amides is 2. The van der Waals surface area contributed by atoms with Gasteiger partial charge in [-0.15, -0.1) is 11.3 Å². The lowest BCUT2D eigenvalue weighted by atomic mass is 10.1. The average molecular weight is 340 g/mol. The highest BCUT2D eigenvalue weighted by Crippen LogP contribution is 2.32. The Hall–Kier alpha value is -2.40. The topological polar surface area (TPSA) is 40.6 Å². The number of fused-ring (bicyclic) bond motifs is 1. The summed E-state index contributed by atoms with van der Waals surface area (Å²) in [6, 6.07) is 9.18. The van der Waals surface area contributed by atoms with Crippen LogP contribution in [0.1, 0.15) is 28.1 Å².